The molecule has 1 unspecified atom stereocenters. The third kappa shape index (κ3) is 2.90. The Morgan fingerprint density at radius 2 is 1.95 bits per heavy atom. The minimum atomic E-state index is -0.856. The molecule has 1 aromatic carbocycles. The molecule has 0 saturated carbocycles. The molecule has 1 heterocycles. The van der Waals surface area contributed by atoms with E-state index in [9.17, 15) is 18.7 Å². The first kappa shape index (κ1) is 13.9. The van der Waals surface area contributed by atoms with Crippen molar-refractivity contribution in [3.63, 3.8) is 0 Å². The van der Waals surface area contributed by atoms with Crippen molar-refractivity contribution in [1.82, 2.24) is 10.3 Å². The number of hydrogen-bond donors (Lipinski definition) is 2. The summed E-state index contributed by atoms with van der Waals surface area (Å²) in [6.07, 6.45) is 2.43. The van der Waals surface area contributed by atoms with E-state index in [1.54, 1.807) is 0 Å². The summed E-state index contributed by atoms with van der Waals surface area (Å²) in [7, 11) is 0. The van der Waals surface area contributed by atoms with Gasteiger partial charge in [-0.05, 0) is 25.1 Å². The van der Waals surface area contributed by atoms with E-state index in [1.807, 2.05) is 0 Å². The average Bonchev–Trinajstić information content (AvgIpc) is 2.38. The van der Waals surface area contributed by atoms with Crippen molar-refractivity contribution < 1.29 is 18.7 Å². The van der Waals surface area contributed by atoms with Gasteiger partial charge >= 0.3 is 0 Å². The predicted octanol–water partition coefficient (Wildman–Crippen LogP) is 2.56. The Labute approximate surface area is 114 Å². The van der Waals surface area contributed by atoms with Crippen LogP contribution in [-0.4, -0.2) is 16.0 Å². The lowest BCUT2D eigenvalue weighted by atomic mass is 10.1. The quantitative estimate of drug-likeness (QED) is 0.907. The van der Waals surface area contributed by atoms with Crippen LogP contribution in [0.1, 0.15) is 28.9 Å². The number of nitrogens with zero attached hydrogens (tertiary/aromatic N) is 1. The predicted molar refractivity (Wildman–Crippen MR) is 68.1 cm³/mol. The minimum absolute atomic E-state index is 0.105. The van der Waals surface area contributed by atoms with Gasteiger partial charge in [-0.2, -0.15) is 0 Å². The van der Waals surface area contributed by atoms with Crippen LogP contribution < -0.4 is 5.32 Å². The number of aromatic hydroxyl groups is 1. The smallest absolute Gasteiger partial charge is 0.253 e. The summed E-state index contributed by atoms with van der Waals surface area (Å²) in [5, 5.41) is 11.7. The molecule has 6 heteroatoms. The molecule has 104 valence electrons. The van der Waals surface area contributed by atoms with Gasteiger partial charge in [-0.1, -0.05) is 6.07 Å². The van der Waals surface area contributed by atoms with Crippen LogP contribution >= 0.6 is 0 Å². The highest BCUT2D eigenvalue weighted by Crippen LogP contribution is 2.20. The van der Waals surface area contributed by atoms with E-state index in [0.29, 0.717) is 0 Å². The Hall–Kier alpha value is -2.50. The largest absolute Gasteiger partial charge is 0.506 e. The van der Waals surface area contributed by atoms with Crippen LogP contribution in [0.15, 0.2) is 36.7 Å². The molecule has 1 atom stereocenters. The second kappa shape index (κ2) is 5.64. The summed E-state index contributed by atoms with van der Waals surface area (Å²) in [6.45, 7) is 1.47. The fraction of sp³-hybridized carbons (Fsp3) is 0.143. The van der Waals surface area contributed by atoms with Crippen LogP contribution in [0.4, 0.5) is 8.78 Å². The lowest BCUT2D eigenvalue weighted by Crippen LogP contribution is -2.28. The summed E-state index contributed by atoms with van der Waals surface area (Å²) in [4.78, 5) is 15.6. The van der Waals surface area contributed by atoms with Crippen LogP contribution in [0.25, 0.3) is 0 Å². The Balaban J connectivity index is 2.20. The average molecular weight is 278 g/mol. The molecule has 0 saturated heterocycles. The molecule has 20 heavy (non-hydrogen) atoms. The molecule has 4 nitrogen and oxygen atoms in total. The van der Waals surface area contributed by atoms with Crippen LogP contribution in [0.3, 0.4) is 0 Å². The van der Waals surface area contributed by atoms with E-state index in [1.165, 1.54) is 31.5 Å². The molecule has 0 spiro atoms. The lowest BCUT2D eigenvalue weighted by molar-refractivity contribution is 0.0938. The molecular weight excluding hydrogens is 266 g/mol. The highest BCUT2D eigenvalue weighted by atomic mass is 19.1. The summed E-state index contributed by atoms with van der Waals surface area (Å²) >= 11 is 0. The van der Waals surface area contributed by atoms with Crippen molar-refractivity contribution in [2.45, 2.75) is 13.0 Å². The normalized spacial score (nSPS) is 11.9. The Kier molecular flexibility index (Phi) is 3.93. The number of aromatic nitrogens is 1. The molecule has 0 fully saturated rings. The SMILES string of the molecule is CC(NC(=O)c1cncc(O)c1)c1c(F)cccc1F. The molecule has 1 aromatic heterocycles. The third-order valence-electron chi connectivity index (χ3n) is 2.77. The van der Waals surface area contributed by atoms with Gasteiger partial charge in [-0.15, -0.1) is 0 Å². The first-order valence-corrected chi connectivity index (χ1v) is 5.88. The van der Waals surface area contributed by atoms with Crippen LogP contribution in [-0.2, 0) is 0 Å². The molecule has 0 aliphatic rings. The molecule has 1 amide bonds. The second-order valence-corrected chi connectivity index (χ2v) is 4.26. The number of amides is 1. The van der Waals surface area contributed by atoms with Gasteiger partial charge in [-0.3, -0.25) is 9.78 Å². The fourth-order valence-electron chi connectivity index (χ4n) is 1.83. The van der Waals surface area contributed by atoms with Crippen molar-refractivity contribution in [2.75, 3.05) is 0 Å². The maximum Gasteiger partial charge on any atom is 0.253 e. The Morgan fingerprint density at radius 3 is 2.55 bits per heavy atom. The summed E-state index contributed by atoms with van der Waals surface area (Å²) in [5.74, 6) is -2.20. The van der Waals surface area contributed by atoms with Gasteiger partial charge in [-0.25, -0.2) is 8.78 Å². The van der Waals surface area contributed by atoms with E-state index in [0.717, 1.165) is 12.1 Å². The summed E-state index contributed by atoms with van der Waals surface area (Å²) < 4.78 is 27.1. The molecule has 2 N–H and O–H groups in total. The molecule has 2 aromatic rings. The van der Waals surface area contributed by atoms with Crippen molar-refractivity contribution in [3.05, 3.63) is 59.4 Å². The molecule has 0 aliphatic heterocycles. The van der Waals surface area contributed by atoms with Crippen LogP contribution in [0.2, 0.25) is 0 Å². The summed E-state index contributed by atoms with van der Waals surface area (Å²) in [6, 6.07) is 3.86. The van der Waals surface area contributed by atoms with Crippen molar-refractivity contribution in [1.29, 1.82) is 0 Å². The highest BCUT2D eigenvalue weighted by Gasteiger charge is 2.18. The van der Waals surface area contributed by atoms with Crippen LogP contribution in [0.5, 0.6) is 5.75 Å². The van der Waals surface area contributed by atoms with Crippen molar-refractivity contribution in [3.8, 4) is 5.75 Å². The molecule has 0 bridgehead atoms. The Morgan fingerprint density at radius 1 is 1.30 bits per heavy atom. The lowest BCUT2D eigenvalue weighted by Gasteiger charge is -2.15. The number of benzene rings is 1. The van der Waals surface area contributed by atoms with Gasteiger partial charge < -0.3 is 10.4 Å². The van der Waals surface area contributed by atoms with Gasteiger partial charge in [0.25, 0.3) is 5.91 Å². The summed E-state index contributed by atoms with van der Waals surface area (Å²) in [5.41, 5.74) is -0.109. The number of nitrogens with one attached hydrogen (secondary N) is 1. The topological polar surface area (TPSA) is 62.2 Å². The molecule has 2 rings (SSSR count). The van der Waals surface area contributed by atoms with Gasteiger partial charge in [0.15, 0.2) is 0 Å². The third-order valence-corrected chi connectivity index (χ3v) is 2.77. The highest BCUT2D eigenvalue weighted by molar-refractivity contribution is 5.94. The zero-order valence-electron chi connectivity index (χ0n) is 10.6. The number of pyridine rings is 1. The number of halogens is 2. The Bertz CT molecular complexity index is 627. The van der Waals surface area contributed by atoms with Crippen molar-refractivity contribution >= 4 is 5.91 Å². The van der Waals surface area contributed by atoms with E-state index >= 15 is 0 Å². The van der Waals surface area contributed by atoms with Gasteiger partial charge in [0.2, 0.25) is 0 Å². The van der Waals surface area contributed by atoms with E-state index in [2.05, 4.69) is 10.3 Å². The standard InChI is InChI=1S/C14H12F2N2O2/c1-8(13-11(15)3-2-4-12(13)16)18-14(20)9-5-10(19)7-17-6-9/h2-8,19H,1H3,(H,18,20). The van der Waals surface area contributed by atoms with Gasteiger partial charge in [0.05, 0.1) is 17.8 Å². The van der Waals surface area contributed by atoms with Crippen molar-refractivity contribution in [2.24, 2.45) is 0 Å². The second-order valence-electron chi connectivity index (χ2n) is 4.26. The number of carbonyl (C=O) groups is 1. The molecular formula is C14H12F2N2O2. The minimum Gasteiger partial charge on any atom is -0.506 e. The fourth-order valence-corrected chi connectivity index (χ4v) is 1.83. The van der Waals surface area contributed by atoms with E-state index < -0.39 is 23.6 Å². The molecule has 0 aliphatic carbocycles. The maximum atomic E-state index is 13.6. The maximum absolute atomic E-state index is 13.6. The zero-order chi connectivity index (χ0) is 14.7. The number of hydrogen-bond acceptors (Lipinski definition) is 3. The van der Waals surface area contributed by atoms with E-state index in [4.69, 9.17) is 0 Å². The monoisotopic (exact) mass is 278 g/mol. The zero-order valence-corrected chi connectivity index (χ0v) is 10.6. The van der Waals surface area contributed by atoms with Gasteiger partial charge in [0, 0.05) is 11.8 Å². The first-order valence-electron chi connectivity index (χ1n) is 5.88. The molecule has 0 radical (unpaired) electrons. The first-order chi connectivity index (χ1) is 9.49. The number of carbonyl (C=O) groups excluding carboxylic acids is 1. The number of rotatable bonds is 3. The van der Waals surface area contributed by atoms with E-state index in [-0.39, 0.29) is 16.9 Å². The van der Waals surface area contributed by atoms with Crippen LogP contribution in [0, 0.1) is 11.6 Å². The van der Waals surface area contributed by atoms with Gasteiger partial charge in [0.1, 0.15) is 17.4 Å².